The Bertz CT molecular complexity index is 750. The molecule has 0 aliphatic carbocycles. The number of benzene rings is 2. The third-order valence-corrected chi connectivity index (χ3v) is 3.69. The molecule has 0 heterocycles. The number of thiocarbonyl (C=S) groups is 1. The maximum Gasteiger partial charge on any atom is 0.191 e. The fourth-order valence-electron chi connectivity index (χ4n) is 1.85. The van der Waals surface area contributed by atoms with Gasteiger partial charge in [-0.3, -0.25) is 5.43 Å². The summed E-state index contributed by atoms with van der Waals surface area (Å²) in [6, 6.07) is 12.5. The van der Waals surface area contributed by atoms with E-state index in [0.717, 1.165) is 15.9 Å². The molecule has 0 bridgehead atoms. The molecule has 7 heteroatoms. The second-order valence-electron chi connectivity index (χ2n) is 4.66. The van der Waals surface area contributed by atoms with Crippen LogP contribution in [-0.4, -0.2) is 23.0 Å². The zero-order chi connectivity index (χ0) is 16.8. The van der Waals surface area contributed by atoms with E-state index < -0.39 is 0 Å². The van der Waals surface area contributed by atoms with Crippen molar-refractivity contribution in [1.82, 2.24) is 5.43 Å². The monoisotopic (exact) mass is 393 g/mol. The van der Waals surface area contributed by atoms with Gasteiger partial charge in [0.25, 0.3) is 0 Å². The van der Waals surface area contributed by atoms with Crippen molar-refractivity contribution in [2.45, 2.75) is 6.92 Å². The van der Waals surface area contributed by atoms with Crippen LogP contribution in [0, 0.1) is 0 Å². The number of nitrogens with zero attached hydrogens (tertiary/aromatic N) is 1. The number of hydrogen-bond acceptors (Lipinski definition) is 4. The van der Waals surface area contributed by atoms with Crippen LogP contribution in [-0.2, 0) is 0 Å². The smallest absolute Gasteiger partial charge is 0.191 e. The van der Waals surface area contributed by atoms with Gasteiger partial charge in [0.2, 0.25) is 0 Å². The number of halogens is 1. The van der Waals surface area contributed by atoms with Crippen LogP contribution in [0.5, 0.6) is 11.5 Å². The SMILES string of the molecule is COc1cccc(NC(=S)N/N=C(\C)c2cc(Br)ccc2O)c1. The normalized spacial score (nSPS) is 11.0. The first-order valence-electron chi connectivity index (χ1n) is 6.74. The van der Waals surface area contributed by atoms with Crippen molar-refractivity contribution in [1.29, 1.82) is 0 Å². The first-order valence-corrected chi connectivity index (χ1v) is 7.94. The van der Waals surface area contributed by atoms with Crippen LogP contribution in [0.25, 0.3) is 0 Å². The van der Waals surface area contributed by atoms with Crippen LogP contribution >= 0.6 is 28.1 Å². The van der Waals surface area contributed by atoms with Gasteiger partial charge in [-0.15, -0.1) is 0 Å². The summed E-state index contributed by atoms with van der Waals surface area (Å²) in [5, 5.41) is 17.4. The van der Waals surface area contributed by atoms with Gasteiger partial charge in [-0.1, -0.05) is 22.0 Å². The molecule has 23 heavy (non-hydrogen) atoms. The number of phenolic OH excluding ortho intramolecular Hbond substituents is 1. The van der Waals surface area contributed by atoms with Crippen molar-refractivity contribution in [3.8, 4) is 11.5 Å². The van der Waals surface area contributed by atoms with Gasteiger partial charge in [0.1, 0.15) is 11.5 Å². The van der Waals surface area contributed by atoms with Crippen molar-refractivity contribution in [2.75, 3.05) is 12.4 Å². The summed E-state index contributed by atoms with van der Waals surface area (Å²) in [6.07, 6.45) is 0. The molecule has 0 radical (unpaired) electrons. The summed E-state index contributed by atoms with van der Waals surface area (Å²) in [5.41, 5.74) is 4.78. The number of ether oxygens (including phenoxy) is 1. The Labute approximate surface area is 148 Å². The second kappa shape index (κ2) is 7.94. The van der Waals surface area contributed by atoms with E-state index in [9.17, 15) is 5.11 Å². The maximum absolute atomic E-state index is 9.87. The van der Waals surface area contributed by atoms with Crippen LogP contribution in [0.2, 0.25) is 0 Å². The van der Waals surface area contributed by atoms with Gasteiger partial charge in [-0.2, -0.15) is 5.10 Å². The zero-order valence-electron chi connectivity index (χ0n) is 12.6. The predicted molar refractivity (Wildman–Crippen MR) is 100 cm³/mol. The van der Waals surface area contributed by atoms with Crippen LogP contribution in [0.4, 0.5) is 5.69 Å². The Morgan fingerprint density at radius 2 is 2.04 bits per heavy atom. The fraction of sp³-hybridized carbons (Fsp3) is 0.125. The summed E-state index contributed by atoms with van der Waals surface area (Å²) >= 11 is 8.57. The van der Waals surface area contributed by atoms with E-state index in [1.165, 1.54) is 0 Å². The summed E-state index contributed by atoms with van der Waals surface area (Å²) in [4.78, 5) is 0. The fourth-order valence-corrected chi connectivity index (χ4v) is 2.38. The lowest BCUT2D eigenvalue weighted by molar-refractivity contribution is 0.415. The van der Waals surface area contributed by atoms with Gasteiger partial charge in [0, 0.05) is 21.8 Å². The highest BCUT2D eigenvalue weighted by atomic mass is 79.9. The van der Waals surface area contributed by atoms with Gasteiger partial charge in [0.15, 0.2) is 5.11 Å². The van der Waals surface area contributed by atoms with E-state index in [4.69, 9.17) is 17.0 Å². The molecule has 0 atom stereocenters. The molecule has 0 aliphatic heterocycles. The Morgan fingerprint density at radius 1 is 1.26 bits per heavy atom. The molecule has 2 aromatic carbocycles. The van der Waals surface area contributed by atoms with Crippen molar-refractivity contribution >= 4 is 44.7 Å². The molecule has 0 spiro atoms. The van der Waals surface area contributed by atoms with Crippen LogP contribution in [0.3, 0.4) is 0 Å². The lowest BCUT2D eigenvalue weighted by Gasteiger charge is -2.10. The van der Waals surface area contributed by atoms with Gasteiger partial charge in [-0.25, -0.2) is 0 Å². The molecule has 2 rings (SSSR count). The van der Waals surface area contributed by atoms with Crippen molar-refractivity contribution < 1.29 is 9.84 Å². The molecule has 0 aromatic heterocycles. The largest absolute Gasteiger partial charge is 0.507 e. The molecule has 120 valence electrons. The Morgan fingerprint density at radius 3 is 2.78 bits per heavy atom. The van der Waals surface area contributed by atoms with E-state index in [2.05, 4.69) is 31.8 Å². The highest BCUT2D eigenvalue weighted by molar-refractivity contribution is 9.10. The van der Waals surface area contributed by atoms with Crippen molar-refractivity contribution in [3.05, 3.63) is 52.5 Å². The summed E-state index contributed by atoms with van der Waals surface area (Å²) in [7, 11) is 1.60. The molecule has 0 amide bonds. The number of rotatable bonds is 4. The molecule has 0 unspecified atom stereocenters. The summed E-state index contributed by atoms with van der Waals surface area (Å²) < 4.78 is 6.01. The van der Waals surface area contributed by atoms with Crippen LogP contribution in [0.15, 0.2) is 52.0 Å². The van der Waals surface area contributed by atoms with E-state index in [1.807, 2.05) is 24.3 Å². The average molecular weight is 394 g/mol. The van der Waals surface area contributed by atoms with E-state index in [0.29, 0.717) is 16.4 Å². The lowest BCUT2D eigenvalue weighted by Crippen LogP contribution is -2.25. The standard InChI is InChI=1S/C16H16BrN3O2S/c1-10(14-8-11(17)6-7-15(14)21)19-20-16(23)18-12-4-3-5-13(9-12)22-2/h3-9,21H,1-2H3,(H2,18,20,23)/b19-10+. The van der Waals surface area contributed by atoms with Crippen molar-refractivity contribution in [3.63, 3.8) is 0 Å². The number of hydrazone groups is 1. The Kier molecular flexibility index (Phi) is 5.95. The van der Waals surface area contributed by atoms with Crippen LogP contribution in [0.1, 0.15) is 12.5 Å². The van der Waals surface area contributed by atoms with Crippen molar-refractivity contribution in [2.24, 2.45) is 5.10 Å². The molecule has 0 aliphatic rings. The van der Waals surface area contributed by atoms with E-state index in [1.54, 1.807) is 32.2 Å². The van der Waals surface area contributed by atoms with Gasteiger partial charge >= 0.3 is 0 Å². The lowest BCUT2D eigenvalue weighted by atomic mass is 10.1. The van der Waals surface area contributed by atoms with Gasteiger partial charge in [-0.05, 0) is 49.5 Å². The first-order chi connectivity index (χ1) is 11.0. The van der Waals surface area contributed by atoms with Gasteiger partial charge in [0.05, 0.1) is 12.8 Å². The Balaban J connectivity index is 2.03. The molecule has 0 saturated carbocycles. The number of methoxy groups -OCH3 is 1. The minimum absolute atomic E-state index is 0.155. The minimum Gasteiger partial charge on any atom is -0.507 e. The number of phenols is 1. The van der Waals surface area contributed by atoms with E-state index in [-0.39, 0.29) is 5.75 Å². The molecular formula is C16H16BrN3O2S. The summed E-state index contributed by atoms with van der Waals surface area (Å²) in [6.45, 7) is 1.78. The predicted octanol–water partition coefficient (Wildman–Crippen LogP) is 3.87. The number of nitrogens with one attached hydrogen (secondary N) is 2. The topological polar surface area (TPSA) is 65.9 Å². The molecule has 2 aromatic rings. The Hall–Kier alpha value is -2.12. The van der Waals surface area contributed by atoms with Gasteiger partial charge < -0.3 is 15.2 Å². The maximum atomic E-state index is 9.87. The quantitative estimate of drug-likeness (QED) is 0.417. The third kappa shape index (κ3) is 4.94. The minimum atomic E-state index is 0.155. The van der Waals surface area contributed by atoms with E-state index >= 15 is 0 Å². The molecule has 5 nitrogen and oxygen atoms in total. The highest BCUT2D eigenvalue weighted by Gasteiger charge is 2.06. The molecule has 3 N–H and O–H groups in total. The number of aromatic hydroxyl groups is 1. The molecule has 0 saturated heterocycles. The average Bonchev–Trinajstić information content (AvgIpc) is 2.55. The zero-order valence-corrected chi connectivity index (χ0v) is 15.0. The third-order valence-electron chi connectivity index (χ3n) is 3.00. The van der Waals surface area contributed by atoms with Crippen LogP contribution < -0.4 is 15.5 Å². The first kappa shape index (κ1) is 17.2. The second-order valence-corrected chi connectivity index (χ2v) is 5.98. The highest BCUT2D eigenvalue weighted by Crippen LogP contribution is 2.22. The molecule has 0 fully saturated rings. The number of hydrogen-bond donors (Lipinski definition) is 3. The summed E-state index contributed by atoms with van der Waals surface area (Å²) in [5.74, 6) is 0.888. The molecular weight excluding hydrogens is 378 g/mol. The number of anilines is 1.